The van der Waals surface area contributed by atoms with Gasteiger partial charge in [0.2, 0.25) is 0 Å². The van der Waals surface area contributed by atoms with Gasteiger partial charge in [-0.2, -0.15) is 13.5 Å². The van der Waals surface area contributed by atoms with Crippen LogP contribution in [-0.2, 0) is 0 Å². The number of rotatable bonds is 2. The van der Waals surface area contributed by atoms with E-state index in [1.807, 2.05) is 6.92 Å². The van der Waals surface area contributed by atoms with E-state index >= 15 is 0 Å². The number of hydrogen-bond donors (Lipinski definition) is 3. The minimum absolute atomic E-state index is 0. The molecule has 1 unspecified atom stereocenters. The summed E-state index contributed by atoms with van der Waals surface area (Å²) < 4.78 is 0. The lowest BCUT2D eigenvalue weighted by molar-refractivity contribution is 0.163. The fraction of sp³-hybridized carbons (Fsp3) is 1.00. The molecule has 0 aliphatic carbocycles. The summed E-state index contributed by atoms with van der Waals surface area (Å²) in [6.45, 7) is 4.90. The maximum Gasteiger partial charge on any atom is 0.0527 e. The zero-order chi connectivity index (χ0) is 7.40. The molecule has 0 radical (unpaired) electrons. The van der Waals surface area contributed by atoms with Crippen molar-refractivity contribution in [2.45, 2.75) is 25.5 Å². The van der Waals surface area contributed by atoms with E-state index in [4.69, 9.17) is 5.11 Å². The van der Waals surface area contributed by atoms with Crippen LogP contribution < -0.4 is 10.6 Å². The Morgan fingerprint density at radius 1 is 1.55 bits per heavy atom. The van der Waals surface area contributed by atoms with Crippen molar-refractivity contribution in [1.29, 1.82) is 0 Å². The maximum atomic E-state index is 9.04. The summed E-state index contributed by atoms with van der Waals surface area (Å²) in [6, 6.07) is 0.466. The Hall–Kier alpha value is 0.230. The van der Waals surface area contributed by atoms with Crippen LogP contribution in [0.1, 0.15) is 13.3 Å². The second kappa shape index (κ2) is 5.83. The van der Waals surface area contributed by atoms with Gasteiger partial charge in [-0.1, -0.05) is 0 Å². The number of hydrogen-bond acceptors (Lipinski definition) is 3. The minimum atomic E-state index is -0.183. The molecular formula is C7H18N2OS. The van der Waals surface area contributed by atoms with Crippen LogP contribution in [0.4, 0.5) is 0 Å². The van der Waals surface area contributed by atoms with Crippen molar-refractivity contribution in [3.63, 3.8) is 0 Å². The van der Waals surface area contributed by atoms with Gasteiger partial charge in [-0.15, -0.1) is 0 Å². The van der Waals surface area contributed by atoms with Crippen molar-refractivity contribution in [2.24, 2.45) is 0 Å². The van der Waals surface area contributed by atoms with Gasteiger partial charge in [0.15, 0.2) is 0 Å². The average molecular weight is 178 g/mol. The summed E-state index contributed by atoms with van der Waals surface area (Å²) in [7, 11) is 0. The second-order valence-electron chi connectivity index (χ2n) is 2.94. The lowest BCUT2D eigenvalue weighted by atomic mass is 10.1. The van der Waals surface area contributed by atoms with Gasteiger partial charge in [0.1, 0.15) is 0 Å². The zero-order valence-corrected chi connectivity index (χ0v) is 7.93. The largest absolute Gasteiger partial charge is 0.393 e. The minimum Gasteiger partial charge on any atom is -0.393 e. The Labute approximate surface area is 75.0 Å². The Morgan fingerprint density at radius 2 is 2.27 bits per heavy atom. The molecule has 0 spiro atoms. The van der Waals surface area contributed by atoms with Crippen molar-refractivity contribution in [1.82, 2.24) is 10.6 Å². The smallest absolute Gasteiger partial charge is 0.0527 e. The van der Waals surface area contributed by atoms with E-state index in [1.54, 1.807) is 0 Å². The van der Waals surface area contributed by atoms with Crippen LogP contribution in [0.2, 0.25) is 0 Å². The fourth-order valence-corrected chi connectivity index (χ4v) is 1.29. The van der Waals surface area contributed by atoms with Gasteiger partial charge in [-0.05, 0) is 13.3 Å². The standard InChI is InChI=1S/C7H16N2O.H2S/c1-6(10)4-7-5-8-2-3-9-7;/h6-10H,2-5H2,1H3;1H2/t6?,7-;/m0./s1. The van der Waals surface area contributed by atoms with E-state index in [-0.39, 0.29) is 19.6 Å². The Bertz CT molecular complexity index is 94.4. The van der Waals surface area contributed by atoms with Gasteiger partial charge in [0, 0.05) is 25.7 Å². The van der Waals surface area contributed by atoms with Crippen molar-refractivity contribution < 1.29 is 5.11 Å². The van der Waals surface area contributed by atoms with Crippen molar-refractivity contribution in [3.8, 4) is 0 Å². The molecule has 0 bridgehead atoms. The third-order valence-corrected chi connectivity index (χ3v) is 1.75. The van der Waals surface area contributed by atoms with Crippen LogP contribution in [0.3, 0.4) is 0 Å². The number of nitrogens with one attached hydrogen (secondary N) is 2. The van der Waals surface area contributed by atoms with E-state index in [0.29, 0.717) is 6.04 Å². The van der Waals surface area contributed by atoms with E-state index in [2.05, 4.69) is 10.6 Å². The Morgan fingerprint density at radius 3 is 2.73 bits per heavy atom. The highest BCUT2D eigenvalue weighted by Gasteiger charge is 2.13. The third-order valence-electron chi connectivity index (χ3n) is 1.75. The highest BCUT2D eigenvalue weighted by atomic mass is 32.1. The summed E-state index contributed by atoms with van der Waals surface area (Å²) in [4.78, 5) is 0. The predicted octanol–water partition coefficient (Wildman–Crippen LogP) is -0.568. The highest BCUT2D eigenvalue weighted by Crippen LogP contribution is 1.97. The molecule has 0 aromatic heterocycles. The van der Waals surface area contributed by atoms with Gasteiger partial charge in [0.05, 0.1) is 6.10 Å². The van der Waals surface area contributed by atoms with E-state index in [9.17, 15) is 0 Å². The first kappa shape index (κ1) is 11.2. The van der Waals surface area contributed by atoms with Crippen LogP contribution in [0, 0.1) is 0 Å². The first-order valence-electron chi connectivity index (χ1n) is 3.91. The van der Waals surface area contributed by atoms with Gasteiger partial charge in [-0.3, -0.25) is 0 Å². The molecule has 1 saturated heterocycles. The molecule has 0 saturated carbocycles. The first-order chi connectivity index (χ1) is 4.79. The van der Waals surface area contributed by atoms with E-state index < -0.39 is 0 Å². The molecule has 1 fully saturated rings. The molecular weight excluding hydrogens is 160 g/mol. The van der Waals surface area contributed by atoms with Crippen molar-refractivity contribution in [2.75, 3.05) is 19.6 Å². The molecule has 1 rings (SSSR count). The van der Waals surface area contributed by atoms with Crippen LogP contribution in [0.15, 0.2) is 0 Å². The summed E-state index contributed by atoms with van der Waals surface area (Å²) in [5.74, 6) is 0. The Kier molecular flexibility index (Phi) is 5.95. The van der Waals surface area contributed by atoms with Crippen LogP contribution in [0.25, 0.3) is 0 Å². The molecule has 1 aliphatic rings. The van der Waals surface area contributed by atoms with Crippen molar-refractivity contribution in [3.05, 3.63) is 0 Å². The quantitative estimate of drug-likeness (QED) is 0.531. The molecule has 0 aromatic carbocycles. The topological polar surface area (TPSA) is 44.3 Å². The number of piperazine rings is 1. The molecule has 0 amide bonds. The predicted molar refractivity (Wildman–Crippen MR) is 51.3 cm³/mol. The van der Waals surface area contributed by atoms with Crippen molar-refractivity contribution >= 4 is 13.5 Å². The summed E-state index contributed by atoms with van der Waals surface area (Å²) >= 11 is 0. The molecule has 1 heterocycles. The fourth-order valence-electron chi connectivity index (χ4n) is 1.29. The molecule has 3 N–H and O–H groups in total. The maximum absolute atomic E-state index is 9.04. The van der Waals surface area contributed by atoms with Crippen LogP contribution in [0.5, 0.6) is 0 Å². The average Bonchev–Trinajstić information content (AvgIpc) is 1.88. The number of aliphatic hydroxyl groups excluding tert-OH is 1. The summed E-state index contributed by atoms with van der Waals surface area (Å²) in [5, 5.41) is 15.6. The van der Waals surface area contributed by atoms with Gasteiger partial charge >= 0.3 is 0 Å². The van der Waals surface area contributed by atoms with Crippen LogP contribution in [-0.4, -0.2) is 36.9 Å². The Balaban J connectivity index is 0.000001000. The highest BCUT2D eigenvalue weighted by molar-refractivity contribution is 7.59. The normalized spacial score (nSPS) is 27.3. The number of aliphatic hydroxyl groups is 1. The lowest BCUT2D eigenvalue weighted by Crippen LogP contribution is -2.49. The molecule has 3 nitrogen and oxygen atoms in total. The monoisotopic (exact) mass is 178 g/mol. The molecule has 0 aromatic rings. The van der Waals surface area contributed by atoms with Crippen LogP contribution >= 0.6 is 13.5 Å². The van der Waals surface area contributed by atoms with Gasteiger partial charge in [-0.25, -0.2) is 0 Å². The molecule has 68 valence electrons. The third kappa shape index (κ3) is 4.63. The molecule has 2 atom stereocenters. The zero-order valence-electron chi connectivity index (χ0n) is 6.93. The van der Waals surface area contributed by atoms with E-state index in [0.717, 1.165) is 26.1 Å². The molecule has 11 heavy (non-hydrogen) atoms. The summed E-state index contributed by atoms with van der Waals surface area (Å²) in [6.07, 6.45) is 0.671. The van der Waals surface area contributed by atoms with E-state index in [1.165, 1.54) is 0 Å². The lowest BCUT2D eigenvalue weighted by Gasteiger charge is -2.25. The first-order valence-corrected chi connectivity index (χ1v) is 3.91. The second-order valence-corrected chi connectivity index (χ2v) is 2.94. The molecule has 1 aliphatic heterocycles. The van der Waals surface area contributed by atoms with Gasteiger partial charge < -0.3 is 15.7 Å². The summed E-state index contributed by atoms with van der Waals surface area (Å²) in [5.41, 5.74) is 0. The molecule has 4 heteroatoms. The van der Waals surface area contributed by atoms with Gasteiger partial charge in [0.25, 0.3) is 0 Å². The SMILES string of the molecule is CC(O)C[C@H]1CNCCN1.S.